The minimum Gasteiger partial charge on any atom is -0.468 e. The number of hydrogen-bond donors (Lipinski definition) is 0. The monoisotopic (exact) mass is 341 g/mol. The number of nitrogens with zero attached hydrogens (tertiary/aromatic N) is 1. The number of ether oxygens (including phenoxy) is 2. The maximum absolute atomic E-state index is 12.7. The minimum atomic E-state index is -1.33. The predicted molar refractivity (Wildman–Crippen MR) is 86.7 cm³/mol. The largest absolute Gasteiger partial charge is 0.468 e. The van der Waals surface area contributed by atoms with E-state index in [0.29, 0.717) is 11.1 Å². The maximum Gasteiger partial charge on any atom is 0.321 e. The highest BCUT2D eigenvalue weighted by molar-refractivity contribution is 5.92. The van der Waals surface area contributed by atoms with Gasteiger partial charge in [-0.3, -0.25) is 19.7 Å². The standard InChI is InChI=1S/C18H15NO6/c1-24-17(21)18(13-5-3-2-4-6-13)11-15(20)25-16(18)12-7-9-14(10-8-12)19(22)23/h2-10,16H,11H2,1H3/t16-,18+/m0/s1. The van der Waals surface area contributed by atoms with Crippen molar-refractivity contribution < 1.29 is 24.0 Å². The molecule has 1 heterocycles. The Morgan fingerprint density at radius 1 is 1.20 bits per heavy atom. The van der Waals surface area contributed by atoms with E-state index >= 15 is 0 Å². The first-order valence-corrected chi connectivity index (χ1v) is 7.57. The van der Waals surface area contributed by atoms with Crippen molar-refractivity contribution in [2.75, 3.05) is 7.11 Å². The summed E-state index contributed by atoms with van der Waals surface area (Å²) in [5.41, 5.74) is -0.332. The van der Waals surface area contributed by atoms with Crippen LogP contribution in [-0.4, -0.2) is 24.0 Å². The fourth-order valence-electron chi connectivity index (χ4n) is 3.19. The molecule has 25 heavy (non-hydrogen) atoms. The number of hydrogen-bond acceptors (Lipinski definition) is 6. The summed E-state index contributed by atoms with van der Waals surface area (Å²) in [5, 5.41) is 10.8. The second-order valence-corrected chi connectivity index (χ2v) is 5.72. The van der Waals surface area contributed by atoms with Crippen molar-refractivity contribution in [3.63, 3.8) is 0 Å². The lowest BCUT2D eigenvalue weighted by atomic mass is 9.72. The highest BCUT2D eigenvalue weighted by Gasteiger charge is 2.57. The van der Waals surface area contributed by atoms with E-state index in [1.54, 1.807) is 30.3 Å². The van der Waals surface area contributed by atoms with E-state index in [9.17, 15) is 19.7 Å². The van der Waals surface area contributed by atoms with E-state index in [2.05, 4.69) is 0 Å². The van der Waals surface area contributed by atoms with Gasteiger partial charge in [-0.25, -0.2) is 0 Å². The van der Waals surface area contributed by atoms with Gasteiger partial charge in [0.05, 0.1) is 18.5 Å². The summed E-state index contributed by atoms with van der Waals surface area (Å²) in [5.74, 6) is -1.12. The van der Waals surface area contributed by atoms with E-state index in [0.717, 1.165) is 0 Å². The molecule has 1 aliphatic rings. The first-order valence-electron chi connectivity index (χ1n) is 7.57. The molecule has 0 N–H and O–H groups in total. The van der Waals surface area contributed by atoms with Crippen LogP contribution in [0.5, 0.6) is 0 Å². The molecular formula is C18H15NO6. The zero-order valence-electron chi connectivity index (χ0n) is 13.4. The molecule has 1 aliphatic heterocycles. The fourth-order valence-corrected chi connectivity index (χ4v) is 3.19. The zero-order valence-corrected chi connectivity index (χ0v) is 13.4. The predicted octanol–water partition coefficient (Wildman–Crippen LogP) is 2.69. The van der Waals surface area contributed by atoms with Crippen LogP contribution in [0.1, 0.15) is 23.7 Å². The Morgan fingerprint density at radius 2 is 1.84 bits per heavy atom. The Morgan fingerprint density at radius 3 is 2.40 bits per heavy atom. The summed E-state index contributed by atoms with van der Waals surface area (Å²) in [6.07, 6.45) is -1.08. The second kappa shape index (κ2) is 6.35. The Labute approximate surface area is 143 Å². The Bertz CT molecular complexity index is 817. The van der Waals surface area contributed by atoms with Crippen LogP contribution in [0.3, 0.4) is 0 Å². The first-order chi connectivity index (χ1) is 12.0. The molecule has 1 fully saturated rings. The third kappa shape index (κ3) is 2.73. The van der Waals surface area contributed by atoms with Crippen LogP contribution in [0.4, 0.5) is 5.69 Å². The Balaban J connectivity index is 2.13. The Kier molecular flexibility index (Phi) is 4.22. The number of methoxy groups -OCH3 is 1. The average molecular weight is 341 g/mol. The molecule has 7 nitrogen and oxygen atoms in total. The summed E-state index contributed by atoms with van der Waals surface area (Å²) < 4.78 is 10.4. The number of nitro groups is 1. The molecule has 0 saturated carbocycles. The lowest BCUT2D eigenvalue weighted by Crippen LogP contribution is -2.39. The molecule has 2 atom stereocenters. The lowest BCUT2D eigenvalue weighted by Gasteiger charge is -2.30. The van der Waals surface area contributed by atoms with Crippen LogP contribution in [0.15, 0.2) is 54.6 Å². The van der Waals surface area contributed by atoms with Gasteiger partial charge in [-0.05, 0) is 23.3 Å². The number of non-ortho nitro benzene ring substituents is 1. The molecule has 0 radical (unpaired) electrons. The number of carbonyl (C=O) groups is 2. The molecule has 0 spiro atoms. The van der Waals surface area contributed by atoms with E-state index in [1.165, 1.54) is 31.4 Å². The molecule has 128 valence electrons. The van der Waals surface area contributed by atoms with Crippen molar-refractivity contribution in [3.05, 3.63) is 75.8 Å². The third-order valence-electron chi connectivity index (χ3n) is 4.37. The van der Waals surface area contributed by atoms with Crippen molar-refractivity contribution in [1.29, 1.82) is 0 Å². The molecule has 1 saturated heterocycles. The molecular weight excluding hydrogens is 326 g/mol. The first kappa shape index (κ1) is 16.6. The van der Waals surface area contributed by atoms with Crippen LogP contribution >= 0.6 is 0 Å². The SMILES string of the molecule is COC(=O)[C@@]1(c2ccccc2)CC(=O)O[C@H]1c1ccc([N+](=O)[O-])cc1. The molecule has 0 aliphatic carbocycles. The van der Waals surface area contributed by atoms with Crippen LogP contribution in [0, 0.1) is 10.1 Å². The van der Waals surface area contributed by atoms with E-state index in [1.807, 2.05) is 0 Å². The number of esters is 2. The van der Waals surface area contributed by atoms with E-state index in [4.69, 9.17) is 9.47 Å². The summed E-state index contributed by atoms with van der Waals surface area (Å²) in [6, 6.07) is 14.4. The Hall–Kier alpha value is -3.22. The highest BCUT2D eigenvalue weighted by atomic mass is 16.6. The van der Waals surface area contributed by atoms with E-state index < -0.39 is 28.4 Å². The van der Waals surface area contributed by atoms with Gasteiger partial charge in [0.2, 0.25) is 0 Å². The highest BCUT2D eigenvalue weighted by Crippen LogP contribution is 2.49. The number of nitro benzene ring substituents is 1. The molecule has 0 bridgehead atoms. The maximum atomic E-state index is 12.7. The fraction of sp³-hybridized carbons (Fsp3) is 0.222. The van der Waals surface area contributed by atoms with Gasteiger partial charge in [0.15, 0.2) is 0 Å². The number of cyclic esters (lactones) is 1. The zero-order chi connectivity index (χ0) is 18.0. The number of rotatable bonds is 4. The van der Waals surface area contributed by atoms with Gasteiger partial charge in [0.25, 0.3) is 5.69 Å². The second-order valence-electron chi connectivity index (χ2n) is 5.72. The van der Waals surface area contributed by atoms with Crippen LogP contribution in [-0.2, 0) is 24.5 Å². The van der Waals surface area contributed by atoms with Crippen molar-refractivity contribution in [2.24, 2.45) is 0 Å². The van der Waals surface area contributed by atoms with Gasteiger partial charge in [-0.2, -0.15) is 0 Å². The van der Waals surface area contributed by atoms with Gasteiger partial charge in [0, 0.05) is 12.1 Å². The van der Waals surface area contributed by atoms with Gasteiger partial charge >= 0.3 is 11.9 Å². The summed E-state index contributed by atoms with van der Waals surface area (Å²) in [6.45, 7) is 0. The molecule has 0 unspecified atom stereocenters. The lowest BCUT2D eigenvalue weighted by molar-refractivity contribution is -0.384. The topological polar surface area (TPSA) is 95.7 Å². The minimum absolute atomic E-state index is 0.0866. The van der Waals surface area contributed by atoms with Gasteiger partial charge in [-0.15, -0.1) is 0 Å². The molecule has 2 aromatic rings. The van der Waals surface area contributed by atoms with Crippen molar-refractivity contribution >= 4 is 17.6 Å². The average Bonchev–Trinajstić information content (AvgIpc) is 3.00. The van der Waals surface area contributed by atoms with Gasteiger partial charge < -0.3 is 9.47 Å². The molecule has 0 aromatic heterocycles. The molecule has 2 aromatic carbocycles. The van der Waals surface area contributed by atoms with Crippen molar-refractivity contribution in [2.45, 2.75) is 17.9 Å². The van der Waals surface area contributed by atoms with Crippen LogP contribution in [0.2, 0.25) is 0 Å². The normalized spacial score (nSPS) is 22.3. The van der Waals surface area contributed by atoms with Crippen molar-refractivity contribution in [3.8, 4) is 0 Å². The molecule has 7 heteroatoms. The van der Waals surface area contributed by atoms with Crippen LogP contribution < -0.4 is 0 Å². The summed E-state index contributed by atoms with van der Waals surface area (Å²) in [4.78, 5) is 35.1. The van der Waals surface area contributed by atoms with Gasteiger partial charge in [0.1, 0.15) is 11.5 Å². The number of carbonyl (C=O) groups excluding carboxylic acids is 2. The quantitative estimate of drug-likeness (QED) is 0.482. The third-order valence-corrected chi connectivity index (χ3v) is 4.37. The summed E-state index contributed by atoms with van der Waals surface area (Å²) in [7, 11) is 1.25. The van der Waals surface area contributed by atoms with Gasteiger partial charge in [-0.1, -0.05) is 30.3 Å². The smallest absolute Gasteiger partial charge is 0.321 e. The van der Waals surface area contributed by atoms with Crippen LogP contribution in [0.25, 0.3) is 0 Å². The number of benzene rings is 2. The summed E-state index contributed by atoms with van der Waals surface area (Å²) >= 11 is 0. The molecule has 0 amide bonds. The van der Waals surface area contributed by atoms with Crippen molar-refractivity contribution in [1.82, 2.24) is 0 Å². The van der Waals surface area contributed by atoms with E-state index in [-0.39, 0.29) is 12.1 Å². The molecule has 3 rings (SSSR count).